The quantitative estimate of drug-likeness (QED) is 0.623. The van der Waals surface area contributed by atoms with Gasteiger partial charge in [-0.1, -0.05) is 18.2 Å². The van der Waals surface area contributed by atoms with Crippen molar-refractivity contribution in [3.8, 4) is 0 Å². The Hall–Kier alpha value is -2.64. The second kappa shape index (κ2) is 8.64. The lowest BCUT2D eigenvalue weighted by Crippen LogP contribution is -2.15. The average molecular weight is 383 g/mol. The first kappa shape index (κ1) is 18.2. The molecule has 2 amide bonds. The van der Waals surface area contributed by atoms with Gasteiger partial charge in [0.05, 0.1) is 12.1 Å². The molecule has 3 aromatic rings. The molecule has 2 N–H and O–H groups in total. The molecular formula is C19H17N3O2S2. The van der Waals surface area contributed by atoms with Crippen LogP contribution in [-0.2, 0) is 11.2 Å². The molecule has 1 heterocycles. The van der Waals surface area contributed by atoms with Crippen LogP contribution < -0.4 is 10.6 Å². The first-order valence-corrected chi connectivity index (χ1v) is 9.99. The van der Waals surface area contributed by atoms with Crippen LogP contribution >= 0.6 is 23.1 Å². The molecule has 0 aliphatic carbocycles. The standard InChI is InChI=1S/C19H17N3O2S2/c1-25-16-9-7-14(8-10-16)20-17(23)11-15-12-26-19(21-15)22-18(24)13-5-3-2-4-6-13/h2-10,12H,11H2,1H3,(H,20,23)(H,21,22,24). The number of thioether (sulfide) groups is 1. The fourth-order valence-electron chi connectivity index (χ4n) is 2.25. The fourth-order valence-corrected chi connectivity index (χ4v) is 3.36. The van der Waals surface area contributed by atoms with Crippen LogP contribution in [0.25, 0.3) is 0 Å². The lowest BCUT2D eigenvalue weighted by atomic mass is 10.2. The van der Waals surface area contributed by atoms with Gasteiger partial charge in [0.1, 0.15) is 0 Å². The monoisotopic (exact) mass is 383 g/mol. The van der Waals surface area contributed by atoms with Crippen LogP contribution in [0.2, 0.25) is 0 Å². The van der Waals surface area contributed by atoms with Gasteiger partial charge in [-0.3, -0.25) is 14.9 Å². The molecule has 0 atom stereocenters. The molecule has 0 radical (unpaired) electrons. The lowest BCUT2D eigenvalue weighted by Gasteiger charge is -2.05. The molecular weight excluding hydrogens is 366 g/mol. The Morgan fingerprint density at radius 3 is 2.46 bits per heavy atom. The number of hydrogen-bond acceptors (Lipinski definition) is 5. The molecule has 0 saturated heterocycles. The number of aromatic nitrogens is 1. The van der Waals surface area contributed by atoms with E-state index >= 15 is 0 Å². The van der Waals surface area contributed by atoms with E-state index in [-0.39, 0.29) is 18.2 Å². The summed E-state index contributed by atoms with van der Waals surface area (Å²) in [5.74, 6) is -0.363. The van der Waals surface area contributed by atoms with Gasteiger partial charge in [0.15, 0.2) is 5.13 Å². The number of thiazole rings is 1. The van der Waals surface area contributed by atoms with Crippen molar-refractivity contribution < 1.29 is 9.59 Å². The number of nitrogens with zero attached hydrogens (tertiary/aromatic N) is 1. The van der Waals surface area contributed by atoms with Crippen LogP contribution in [0.4, 0.5) is 10.8 Å². The van der Waals surface area contributed by atoms with E-state index in [1.807, 2.05) is 36.6 Å². The highest BCUT2D eigenvalue weighted by molar-refractivity contribution is 7.98. The summed E-state index contributed by atoms with van der Waals surface area (Å²) in [5.41, 5.74) is 1.94. The number of rotatable bonds is 6. The molecule has 0 bridgehead atoms. The minimum Gasteiger partial charge on any atom is -0.326 e. The molecule has 0 aliphatic heterocycles. The topological polar surface area (TPSA) is 71.1 Å². The average Bonchev–Trinajstić information content (AvgIpc) is 3.09. The van der Waals surface area contributed by atoms with E-state index in [9.17, 15) is 9.59 Å². The first-order valence-electron chi connectivity index (χ1n) is 7.89. The number of anilines is 2. The molecule has 2 aromatic carbocycles. The van der Waals surface area contributed by atoms with Crippen molar-refractivity contribution in [2.75, 3.05) is 16.9 Å². The van der Waals surface area contributed by atoms with Crippen molar-refractivity contribution >= 4 is 45.7 Å². The van der Waals surface area contributed by atoms with Crippen LogP contribution in [0, 0.1) is 0 Å². The van der Waals surface area contributed by atoms with Crippen molar-refractivity contribution in [2.45, 2.75) is 11.3 Å². The van der Waals surface area contributed by atoms with Gasteiger partial charge >= 0.3 is 0 Å². The van der Waals surface area contributed by atoms with Gasteiger partial charge in [-0.2, -0.15) is 0 Å². The maximum absolute atomic E-state index is 12.2. The van der Waals surface area contributed by atoms with E-state index in [2.05, 4.69) is 15.6 Å². The number of amides is 2. The third-order valence-electron chi connectivity index (χ3n) is 3.52. The van der Waals surface area contributed by atoms with Crippen LogP contribution in [0.3, 0.4) is 0 Å². The molecule has 1 aromatic heterocycles. The minimum atomic E-state index is -0.218. The lowest BCUT2D eigenvalue weighted by molar-refractivity contribution is -0.115. The van der Waals surface area contributed by atoms with E-state index in [0.717, 1.165) is 10.6 Å². The van der Waals surface area contributed by atoms with Crippen molar-refractivity contribution in [2.24, 2.45) is 0 Å². The smallest absolute Gasteiger partial charge is 0.257 e. The zero-order valence-corrected chi connectivity index (χ0v) is 15.7. The summed E-state index contributed by atoms with van der Waals surface area (Å²) in [6, 6.07) is 16.6. The van der Waals surface area contributed by atoms with Gasteiger partial charge in [-0.25, -0.2) is 4.98 Å². The van der Waals surface area contributed by atoms with Gasteiger partial charge in [-0.05, 0) is 42.7 Å². The van der Waals surface area contributed by atoms with E-state index < -0.39 is 0 Å². The number of nitrogens with one attached hydrogen (secondary N) is 2. The normalized spacial score (nSPS) is 10.3. The number of carbonyl (C=O) groups excluding carboxylic acids is 2. The van der Waals surface area contributed by atoms with Crippen molar-refractivity contribution in [3.05, 3.63) is 71.2 Å². The van der Waals surface area contributed by atoms with Gasteiger partial charge in [-0.15, -0.1) is 23.1 Å². The molecule has 5 nitrogen and oxygen atoms in total. The third-order valence-corrected chi connectivity index (χ3v) is 5.07. The van der Waals surface area contributed by atoms with Crippen molar-refractivity contribution in [1.29, 1.82) is 0 Å². The van der Waals surface area contributed by atoms with E-state index in [1.165, 1.54) is 11.3 Å². The van der Waals surface area contributed by atoms with E-state index in [0.29, 0.717) is 16.4 Å². The summed E-state index contributed by atoms with van der Waals surface area (Å²) in [6.07, 6.45) is 2.16. The second-order valence-corrected chi connectivity index (χ2v) is 7.16. The van der Waals surface area contributed by atoms with E-state index in [4.69, 9.17) is 0 Å². The highest BCUT2D eigenvalue weighted by Crippen LogP contribution is 2.19. The molecule has 0 spiro atoms. The van der Waals surface area contributed by atoms with Gasteiger partial charge < -0.3 is 5.32 Å². The van der Waals surface area contributed by atoms with Gasteiger partial charge in [0, 0.05) is 21.5 Å². The molecule has 26 heavy (non-hydrogen) atoms. The summed E-state index contributed by atoms with van der Waals surface area (Å²) in [4.78, 5) is 29.7. The van der Waals surface area contributed by atoms with Crippen molar-refractivity contribution in [3.63, 3.8) is 0 Å². The Bertz CT molecular complexity index is 893. The summed E-state index contributed by atoms with van der Waals surface area (Å²) in [7, 11) is 0. The highest BCUT2D eigenvalue weighted by Gasteiger charge is 2.11. The molecule has 0 saturated carbocycles. The summed E-state index contributed by atoms with van der Waals surface area (Å²) in [5, 5.41) is 7.85. The Kier molecular flexibility index (Phi) is 6.04. The highest BCUT2D eigenvalue weighted by atomic mass is 32.2. The zero-order valence-electron chi connectivity index (χ0n) is 14.1. The minimum absolute atomic E-state index is 0.145. The second-order valence-electron chi connectivity index (χ2n) is 5.42. The Morgan fingerprint density at radius 1 is 1.04 bits per heavy atom. The van der Waals surface area contributed by atoms with Crippen LogP contribution in [0.15, 0.2) is 64.9 Å². The maximum Gasteiger partial charge on any atom is 0.257 e. The fraction of sp³-hybridized carbons (Fsp3) is 0.105. The SMILES string of the molecule is CSc1ccc(NC(=O)Cc2csc(NC(=O)c3ccccc3)n2)cc1. The summed E-state index contributed by atoms with van der Waals surface area (Å²) in [6.45, 7) is 0. The number of hydrogen-bond donors (Lipinski definition) is 2. The van der Waals surface area contributed by atoms with E-state index in [1.54, 1.807) is 41.4 Å². The predicted molar refractivity (Wildman–Crippen MR) is 107 cm³/mol. The van der Waals surface area contributed by atoms with Crippen LogP contribution in [0.5, 0.6) is 0 Å². The Morgan fingerprint density at radius 2 is 1.77 bits per heavy atom. The molecule has 0 fully saturated rings. The molecule has 132 valence electrons. The maximum atomic E-state index is 12.2. The molecule has 7 heteroatoms. The Labute approximate surface area is 159 Å². The summed E-state index contributed by atoms with van der Waals surface area (Å²) >= 11 is 2.95. The zero-order chi connectivity index (χ0) is 18.4. The van der Waals surface area contributed by atoms with Crippen LogP contribution in [0.1, 0.15) is 16.1 Å². The molecule has 0 unspecified atom stereocenters. The Balaban J connectivity index is 1.55. The molecule has 0 aliphatic rings. The summed E-state index contributed by atoms with van der Waals surface area (Å²) < 4.78 is 0. The van der Waals surface area contributed by atoms with Crippen molar-refractivity contribution in [1.82, 2.24) is 4.98 Å². The number of benzene rings is 2. The third kappa shape index (κ3) is 4.93. The van der Waals surface area contributed by atoms with Gasteiger partial charge in [0.25, 0.3) is 5.91 Å². The van der Waals surface area contributed by atoms with Gasteiger partial charge in [0.2, 0.25) is 5.91 Å². The largest absolute Gasteiger partial charge is 0.326 e. The number of carbonyl (C=O) groups is 2. The predicted octanol–water partition coefficient (Wildman–Crippen LogP) is 4.30. The van der Waals surface area contributed by atoms with Crippen LogP contribution in [-0.4, -0.2) is 23.1 Å². The molecule has 3 rings (SSSR count). The first-order chi connectivity index (χ1) is 12.6.